The van der Waals surface area contributed by atoms with E-state index in [1.54, 1.807) is 12.1 Å². The minimum Gasteiger partial charge on any atom is -0.481 e. The van der Waals surface area contributed by atoms with Crippen LogP contribution in [0.4, 0.5) is 4.39 Å². The van der Waals surface area contributed by atoms with Crippen molar-refractivity contribution in [1.29, 1.82) is 0 Å². The normalized spacial score (nSPS) is 15.8. The lowest BCUT2D eigenvalue weighted by Crippen LogP contribution is -2.68. The number of hydrogen-bond acceptors (Lipinski definition) is 5. The maximum absolute atomic E-state index is 14.9. The number of nitrogens with one attached hydrogen (secondary N) is 1. The number of fused-ring (bicyclic) bond motifs is 2. The van der Waals surface area contributed by atoms with Gasteiger partial charge in [0, 0.05) is 29.2 Å². The molecule has 1 aliphatic heterocycles. The van der Waals surface area contributed by atoms with Crippen LogP contribution in [-0.4, -0.2) is 38.8 Å². The van der Waals surface area contributed by atoms with Gasteiger partial charge in [-0.25, -0.2) is 4.39 Å². The lowest BCUT2D eigenvalue weighted by molar-refractivity contribution is -0.138. The van der Waals surface area contributed by atoms with Gasteiger partial charge >= 0.3 is 5.97 Å². The molecule has 282 valence electrons. The minimum absolute atomic E-state index is 0.0441. The Morgan fingerprint density at radius 3 is 2.07 bits per heavy atom. The number of allylic oxidation sites excluding steroid dienone is 4. The summed E-state index contributed by atoms with van der Waals surface area (Å²) in [7, 11) is -5.78. The van der Waals surface area contributed by atoms with E-state index in [2.05, 4.69) is 63.7 Å². The Balaban J connectivity index is 1.51. The van der Waals surface area contributed by atoms with Crippen LogP contribution in [0.25, 0.3) is 17.3 Å². The molecule has 0 bridgehead atoms. The van der Waals surface area contributed by atoms with Crippen LogP contribution in [0.3, 0.4) is 0 Å². The summed E-state index contributed by atoms with van der Waals surface area (Å²) in [5.41, 5.74) is 7.69. The number of rotatable bonds is 11. The molecule has 4 aromatic carbocycles. The lowest BCUT2D eigenvalue weighted by Gasteiger charge is -2.45. The maximum atomic E-state index is 14.9. The van der Waals surface area contributed by atoms with Gasteiger partial charge < -0.3 is 19.4 Å². The summed E-state index contributed by atoms with van der Waals surface area (Å²) in [5.74, 6) is 1.79. The Bertz CT molecular complexity index is 2360. The minimum atomic E-state index is -3.88. The molecule has 1 heterocycles. The molecule has 1 unspecified atom stereocenters. The van der Waals surface area contributed by atoms with E-state index < -0.39 is 39.2 Å². The third-order valence-electron chi connectivity index (χ3n) is 10.0. The van der Waals surface area contributed by atoms with Crippen molar-refractivity contribution in [2.24, 2.45) is 5.92 Å². The van der Waals surface area contributed by atoms with Gasteiger partial charge in [0.2, 0.25) is 0 Å². The summed E-state index contributed by atoms with van der Waals surface area (Å²) in [5, 5.41) is 17.4. The van der Waals surface area contributed by atoms with Crippen molar-refractivity contribution in [2.75, 3.05) is 13.3 Å². The number of benzene rings is 4. The summed E-state index contributed by atoms with van der Waals surface area (Å²) in [6.45, 7) is 10.4. The molecule has 2 aliphatic rings. The van der Waals surface area contributed by atoms with E-state index in [1.807, 2.05) is 91.0 Å². The monoisotopic (exact) mass is 771 g/mol. The molecule has 4 aromatic rings. The molecule has 9 heteroatoms. The number of carboxylic acid groups (broad SMARTS) is 1. The summed E-state index contributed by atoms with van der Waals surface area (Å²) in [6.07, 6.45) is 4.40. The fourth-order valence-electron chi connectivity index (χ4n) is 7.49. The van der Waals surface area contributed by atoms with Crippen LogP contribution in [0.5, 0.6) is 0 Å². The summed E-state index contributed by atoms with van der Waals surface area (Å²) in [4.78, 5) is 12.5. The summed E-state index contributed by atoms with van der Waals surface area (Å²) < 4.78 is 42.2. The highest BCUT2D eigenvalue weighted by molar-refractivity contribution is 7.64. The summed E-state index contributed by atoms with van der Waals surface area (Å²) in [6, 6.07) is 34.2. The van der Waals surface area contributed by atoms with E-state index in [0.29, 0.717) is 5.57 Å². The van der Waals surface area contributed by atoms with Crippen molar-refractivity contribution in [3.05, 3.63) is 160 Å². The zero-order valence-corrected chi connectivity index (χ0v) is 34.0. The molecule has 0 saturated heterocycles. The van der Waals surface area contributed by atoms with E-state index in [0.717, 1.165) is 48.9 Å². The Labute approximate surface area is 324 Å². The Kier molecular flexibility index (Phi) is 11.8. The van der Waals surface area contributed by atoms with Crippen LogP contribution in [0.2, 0.25) is 5.04 Å². The zero-order valence-electron chi connectivity index (χ0n) is 32.1. The first-order chi connectivity index (χ1) is 26.3. The van der Waals surface area contributed by atoms with Crippen LogP contribution >= 0.6 is 7.37 Å². The Morgan fingerprint density at radius 2 is 1.51 bits per heavy atom. The van der Waals surface area contributed by atoms with Crippen molar-refractivity contribution in [1.82, 2.24) is 5.32 Å². The van der Waals surface area contributed by atoms with Crippen LogP contribution in [0.15, 0.2) is 138 Å². The first-order valence-corrected chi connectivity index (χ1v) is 22.2. The van der Waals surface area contributed by atoms with E-state index in [9.17, 15) is 18.9 Å². The van der Waals surface area contributed by atoms with Crippen molar-refractivity contribution >= 4 is 49.4 Å². The smallest absolute Gasteiger partial charge is 0.305 e. The highest BCUT2D eigenvalue weighted by atomic mass is 31.2. The second-order valence-corrected chi connectivity index (χ2v) is 21.7. The number of aliphatic carboxylic acids is 1. The molecule has 6 rings (SSSR count). The summed E-state index contributed by atoms with van der Waals surface area (Å²) >= 11 is 0. The average Bonchev–Trinajstić information content (AvgIpc) is 3.35. The third-order valence-corrected chi connectivity index (χ3v) is 17.1. The van der Waals surface area contributed by atoms with Gasteiger partial charge in [0.15, 0.2) is 0 Å². The van der Waals surface area contributed by atoms with Gasteiger partial charge in [0.25, 0.3) is 15.7 Å². The molecular weight excluding hydrogens is 725 g/mol. The molecule has 2 atom stereocenters. The van der Waals surface area contributed by atoms with Crippen LogP contribution in [0, 0.1) is 23.3 Å². The van der Waals surface area contributed by atoms with E-state index in [-0.39, 0.29) is 17.9 Å². The molecule has 2 N–H and O–H groups in total. The second-order valence-electron chi connectivity index (χ2n) is 15.1. The van der Waals surface area contributed by atoms with Gasteiger partial charge in [-0.15, -0.1) is 0 Å². The highest BCUT2D eigenvalue weighted by Gasteiger charge is 2.52. The van der Waals surface area contributed by atoms with Gasteiger partial charge in [-0.3, -0.25) is 9.36 Å². The molecule has 0 aromatic heterocycles. The quantitative estimate of drug-likeness (QED) is 0.0932. The topological polar surface area (TPSA) is 84.9 Å². The van der Waals surface area contributed by atoms with Crippen LogP contribution in [0.1, 0.15) is 46.6 Å². The van der Waals surface area contributed by atoms with Gasteiger partial charge in [-0.2, -0.15) is 0 Å². The Morgan fingerprint density at radius 1 is 0.909 bits per heavy atom. The van der Waals surface area contributed by atoms with E-state index >= 15 is 0 Å². The molecule has 6 nitrogen and oxygen atoms in total. The molecule has 0 amide bonds. The van der Waals surface area contributed by atoms with Crippen LogP contribution in [-0.2, 0) is 18.3 Å². The number of dihydropyridines is 1. The van der Waals surface area contributed by atoms with Gasteiger partial charge in [0.05, 0.1) is 30.0 Å². The lowest BCUT2D eigenvalue weighted by atomic mass is 9.84. The highest BCUT2D eigenvalue weighted by Crippen LogP contribution is 2.49. The maximum Gasteiger partial charge on any atom is 0.305 e. The predicted molar refractivity (Wildman–Crippen MR) is 223 cm³/mol. The van der Waals surface area contributed by atoms with Crippen molar-refractivity contribution in [3.8, 4) is 11.6 Å². The average molecular weight is 772 g/mol. The second kappa shape index (κ2) is 16.4. The first kappa shape index (κ1) is 39.7. The SMILES string of the molecule is COP(=O)(C#CC1=C(C(C)C)NC2=c3ccccc3=CC=CC2=C1c1ccc(F)cc1)C[C@H](CC(=O)O)O[Si](c1ccccc1)(c1ccccc1)C(C)(C)C. The number of hydrogen-bond donors (Lipinski definition) is 2. The van der Waals surface area contributed by atoms with Gasteiger partial charge in [-0.05, 0) is 49.9 Å². The van der Waals surface area contributed by atoms with Crippen molar-refractivity contribution < 1.29 is 27.8 Å². The fraction of sp³-hybridized carbons (Fsp3) is 0.239. The molecule has 0 spiro atoms. The van der Waals surface area contributed by atoms with Crippen molar-refractivity contribution in [3.63, 3.8) is 0 Å². The Hall–Kier alpha value is -5.03. The molecule has 55 heavy (non-hydrogen) atoms. The predicted octanol–water partition coefficient (Wildman–Crippen LogP) is 7.56. The molecule has 0 fully saturated rings. The fourth-order valence-corrected chi connectivity index (χ4v) is 13.7. The number of halogens is 1. The first-order valence-electron chi connectivity index (χ1n) is 18.4. The van der Waals surface area contributed by atoms with E-state index in [1.165, 1.54) is 19.2 Å². The van der Waals surface area contributed by atoms with Crippen LogP contribution < -0.4 is 26.1 Å². The molecular formula is C46H47FNO5PSi. The standard InChI is InChI=1S/C46H47FNO5PSi/c1-32(2)44-41(43(34-24-26-35(47)27-25-34)40-23-15-17-33-16-13-14-22-39(33)45(40)48-44)28-29-54(51,52-6)31-36(30-42(49)50)53-55(46(3,4)5,37-18-9-7-10-19-37)38-20-11-8-12-21-38/h7-27,32,36,48H,30-31H2,1-6H3,(H,49,50)/t36-,54?/m0/s1. The molecule has 1 aliphatic carbocycles. The molecule has 0 saturated carbocycles. The zero-order chi connectivity index (χ0) is 39.4. The third kappa shape index (κ3) is 8.32. The van der Waals surface area contributed by atoms with Gasteiger partial charge in [0.1, 0.15) is 5.82 Å². The van der Waals surface area contributed by atoms with Crippen molar-refractivity contribution in [2.45, 2.75) is 52.2 Å². The molecule has 0 radical (unpaired) electrons. The number of carboxylic acids is 1. The largest absolute Gasteiger partial charge is 0.481 e. The number of carbonyl (C=O) groups is 1. The van der Waals surface area contributed by atoms with E-state index in [4.69, 9.17) is 8.95 Å². The van der Waals surface area contributed by atoms with Gasteiger partial charge in [-0.1, -0.05) is 156 Å².